The van der Waals surface area contributed by atoms with Crippen molar-refractivity contribution in [1.82, 2.24) is 24.5 Å². The fraction of sp³-hybridized carbons (Fsp3) is 0.389. The highest BCUT2D eigenvalue weighted by molar-refractivity contribution is 9.10. The Labute approximate surface area is 161 Å². The van der Waals surface area contributed by atoms with Crippen molar-refractivity contribution in [3.63, 3.8) is 0 Å². The summed E-state index contributed by atoms with van der Waals surface area (Å²) in [6.07, 6.45) is 6.59. The van der Waals surface area contributed by atoms with Gasteiger partial charge in [0.2, 0.25) is 0 Å². The van der Waals surface area contributed by atoms with Gasteiger partial charge in [0.05, 0.1) is 10.7 Å². The molecule has 0 aliphatic carbocycles. The highest BCUT2D eigenvalue weighted by atomic mass is 79.9. The zero-order chi connectivity index (χ0) is 17.9. The van der Waals surface area contributed by atoms with Crippen LogP contribution in [0.3, 0.4) is 0 Å². The topological polar surface area (TPSA) is 61.6 Å². The van der Waals surface area contributed by atoms with Crippen molar-refractivity contribution in [2.24, 2.45) is 0 Å². The molecule has 0 radical (unpaired) electrons. The maximum atomic E-state index is 4.85. The number of hydrogen-bond donors (Lipinski definition) is 1. The molecule has 0 aromatic carbocycles. The van der Waals surface area contributed by atoms with E-state index in [1.165, 1.54) is 0 Å². The Hall–Kier alpha value is -2.19. The van der Waals surface area contributed by atoms with Gasteiger partial charge in [-0.15, -0.1) is 0 Å². The number of nitrogens with one attached hydrogen (secondary N) is 1. The third kappa shape index (κ3) is 3.66. The van der Waals surface area contributed by atoms with E-state index in [2.05, 4.69) is 60.3 Å². The minimum absolute atomic E-state index is 0.687. The smallest absolute Gasteiger partial charge is 0.173 e. The van der Waals surface area contributed by atoms with Gasteiger partial charge in [0, 0.05) is 44.6 Å². The van der Waals surface area contributed by atoms with Crippen molar-refractivity contribution in [2.75, 3.05) is 43.4 Å². The first-order valence-electron chi connectivity index (χ1n) is 8.81. The Morgan fingerprint density at radius 1 is 1.19 bits per heavy atom. The lowest BCUT2D eigenvalue weighted by Gasteiger charge is -2.22. The van der Waals surface area contributed by atoms with Gasteiger partial charge in [0.15, 0.2) is 5.65 Å². The van der Waals surface area contributed by atoms with Crippen LogP contribution in [-0.4, -0.2) is 57.7 Å². The van der Waals surface area contributed by atoms with Crippen molar-refractivity contribution >= 4 is 33.2 Å². The molecular weight excluding hydrogens is 394 g/mol. The first kappa shape index (κ1) is 17.2. The largest absolute Gasteiger partial charge is 0.366 e. The summed E-state index contributed by atoms with van der Waals surface area (Å²) in [5.41, 5.74) is 1.95. The lowest BCUT2D eigenvalue weighted by Crippen LogP contribution is -2.29. The van der Waals surface area contributed by atoms with Crippen LogP contribution in [-0.2, 0) is 6.54 Å². The normalized spacial score (nSPS) is 16.0. The van der Waals surface area contributed by atoms with Crippen LogP contribution in [0, 0.1) is 0 Å². The van der Waals surface area contributed by atoms with E-state index in [-0.39, 0.29) is 0 Å². The van der Waals surface area contributed by atoms with E-state index >= 15 is 0 Å². The molecule has 0 bridgehead atoms. The summed E-state index contributed by atoms with van der Waals surface area (Å²) in [6, 6.07) is 6.10. The Morgan fingerprint density at radius 2 is 2.12 bits per heavy atom. The van der Waals surface area contributed by atoms with Crippen molar-refractivity contribution in [3.05, 3.63) is 46.8 Å². The number of aromatic nitrogens is 4. The molecule has 1 aliphatic rings. The Balaban J connectivity index is 1.65. The molecule has 136 valence electrons. The third-order valence-electron chi connectivity index (χ3n) is 4.66. The van der Waals surface area contributed by atoms with Crippen LogP contribution < -0.4 is 10.2 Å². The van der Waals surface area contributed by atoms with Gasteiger partial charge in [0.25, 0.3) is 0 Å². The maximum absolute atomic E-state index is 4.85. The summed E-state index contributed by atoms with van der Waals surface area (Å²) >= 11 is 3.57. The summed E-state index contributed by atoms with van der Waals surface area (Å²) in [7, 11) is 2.18. The molecule has 0 spiro atoms. The van der Waals surface area contributed by atoms with E-state index in [1.807, 2.05) is 16.8 Å². The van der Waals surface area contributed by atoms with Gasteiger partial charge in [-0.25, -0.2) is 4.98 Å². The third-order valence-corrected chi connectivity index (χ3v) is 5.21. The van der Waals surface area contributed by atoms with E-state index in [0.29, 0.717) is 6.54 Å². The van der Waals surface area contributed by atoms with Crippen molar-refractivity contribution in [3.8, 4) is 0 Å². The molecule has 1 aliphatic heterocycles. The van der Waals surface area contributed by atoms with E-state index < -0.39 is 0 Å². The standard InChI is InChI=1S/C18H22BrN7/c1-24-6-3-7-25(9-8-24)17-10-16(21-12-14-4-2-5-20-11-14)26-18(23-17)15(19)13-22-26/h2,4-5,10-11,13,21H,3,6-9,12H2,1H3. The second kappa shape index (κ2) is 7.59. The summed E-state index contributed by atoms with van der Waals surface area (Å²) in [4.78, 5) is 13.8. The number of pyridine rings is 1. The number of nitrogens with zero attached hydrogens (tertiary/aromatic N) is 6. The molecule has 7 nitrogen and oxygen atoms in total. The molecule has 3 aromatic heterocycles. The number of hydrogen-bond acceptors (Lipinski definition) is 6. The zero-order valence-corrected chi connectivity index (χ0v) is 16.4. The van der Waals surface area contributed by atoms with E-state index in [1.54, 1.807) is 12.4 Å². The van der Waals surface area contributed by atoms with Crippen molar-refractivity contribution in [2.45, 2.75) is 13.0 Å². The predicted molar refractivity (Wildman–Crippen MR) is 107 cm³/mol. The molecule has 4 rings (SSSR count). The first-order chi connectivity index (χ1) is 12.7. The maximum Gasteiger partial charge on any atom is 0.173 e. The molecule has 1 fully saturated rings. The average molecular weight is 416 g/mol. The highest BCUT2D eigenvalue weighted by Crippen LogP contribution is 2.25. The molecule has 0 amide bonds. The Morgan fingerprint density at radius 3 is 2.96 bits per heavy atom. The van der Waals surface area contributed by atoms with Gasteiger partial charge < -0.3 is 15.1 Å². The highest BCUT2D eigenvalue weighted by Gasteiger charge is 2.17. The summed E-state index contributed by atoms with van der Waals surface area (Å²) in [5, 5.41) is 7.93. The molecule has 26 heavy (non-hydrogen) atoms. The lowest BCUT2D eigenvalue weighted by atomic mass is 10.3. The van der Waals surface area contributed by atoms with Gasteiger partial charge in [-0.1, -0.05) is 6.07 Å². The molecule has 0 unspecified atom stereocenters. The second-order valence-electron chi connectivity index (χ2n) is 6.59. The van der Waals surface area contributed by atoms with Gasteiger partial charge in [0.1, 0.15) is 11.6 Å². The monoisotopic (exact) mass is 415 g/mol. The average Bonchev–Trinajstić information content (AvgIpc) is 2.90. The quantitative estimate of drug-likeness (QED) is 0.706. The molecule has 0 atom stereocenters. The lowest BCUT2D eigenvalue weighted by molar-refractivity contribution is 0.360. The molecule has 1 saturated heterocycles. The van der Waals surface area contributed by atoms with Crippen LogP contribution in [0.1, 0.15) is 12.0 Å². The fourth-order valence-electron chi connectivity index (χ4n) is 3.18. The number of fused-ring (bicyclic) bond motifs is 1. The minimum Gasteiger partial charge on any atom is -0.366 e. The number of likely N-dealkylation sites (N-methyl/N-ethyl adjacent to an activating group) is 1. The van der Waals surface area contributed by atoms with Crippen molar-refractivity contribution < 1.29 is 0 Å². The second-order valence-corrected chi connectivity index (χ2v) is 7.44. The van der Waals surface area contributed by atoms with Gasteiger partial charge in [-0.2, -0.15) is 9.61 Å². The van der Waals surface area contributed by atoms with E-state index in [4.69, 9.17) is 4.98 Å². The molecule has 8 heteroatoms. The van der Waals surface area contributed by atoms with Crippen LogP contribution in [0.25, 0.3) is 5.65 Å². The van der Waals surface area contributed by atoms with Crippen LogP contribution in [0.4, 0.5) is 11.6 Å². The Kier molecular flexibility index (Phi) is 5.03. The Bertz CT molecular complexity index is 880. The van der Waals surface area contributed by atoms with Gasteiger partial charge >= 0.3 is 0 Å². The summed E-state index contributed by atoms with van der Waals surface area (Å²) < 4.78 is 2.74. The van der Waals surface area contributed by atoms with Gasteiger partial charge in [-0.05, 0) is 47.6 Å². The molecule has 0 saturated carbocycles. The summed E-state index contributed by atoms with van der Waals surface area (Å²) in [5.74, 6) is 1.92. The SMILES string of the molecule is CN1CCCN(c2cc(NCc3cccnc3)n3ncc(Br)c3n2)CC1. The molecular formula is C18H22BrN7. The van der Waals surface area contributed by atoms with Crippen molar-refractivity contribution in [1.29, 1.82) is 0 Å². The van der Waals surface area contributed by atoms with Crippen LogP contribution in [0.5, 0.6) is 0 Å². The zero-order valence-electron chi connectivity index (χ0n) is 14.8. The van der Waals surface area contributed by atoms with Gasteiger partial charge in [-0.3, -0.25) is 4.98 Å². The minimum atomic E-state index is 0.687. The molecule has 1 N–H and O–H groups in total. The van der Waals surface area contributed by atoms with Crippen LogP contribution in [0.2, 0.25) is 0 Å². The van der Waals surface area contributed by atoms with E-state index in [0.717, 1.165) is 59.9 Å². The number of halogens is 1. The molecule has 4 heterocycles. The number of rotatable bonds is 4. The van der Waals surface area contributed by atoms with Crippen LogP contribution in [0.15, 0.2) is 41.3 Å². The predicted octanol–water partition coefficient (Wildman–Crippen LogP) is 2.64. The van der Waals surface area contributed by atoms with E-state index in [9.17, 15) is 0 Å². The first-order valence-corrected chi connectivity index (χ1v) is 9.60. The van der Waals surface area contributed by atoms with Crippen LogP contribution >= 0.6 is 15.9 Å². The number of anilines is 2. The summed E-state index contributed by atoms with van der Waals surface area (Å²) in [6.45, 7) is 4.86. The molecule has 3 aromatic rings. The fourth-order valence-corrected chi connectivity index (χ4v) is 3.53.